The van der Waals surface area contributed by atoms with Crippen LogP contribution in [0.3, 0.4) is 0 Å². The first kappa shape index (κ1) is 25.5. The van der Waals surface area contributed by atoms with Gasteiger partial charge in [0.15, 0.2) is 6.23 Å². The van der Waals surface area contributed by atoms with E-state index in [9.17, 15) is 18.0 Å². The molecular weight excluding hydrogens is 491 g/mol. The maximum atomic E-state index is 13.6. The van der Waals surface area contributed by atoms with Gasteiger partial charge in [-0.2, -0.15) is 13.2 Å². The Morgan fingerprint density at radius 2 is 1.95 bits per heavy atom. The molecule has 0 bridgehead atoms. The third kappa shape index (κ3) is 5.14. The summed E-state index contributed by atoms with van der Waals surface area (Å²) in [6.07, 6.45) is 1.27. The van der Waals surface area contributed by atoms with E-state index in [1.165, 1.54) is 19.6 Å². The number of hydrogen-bond acceptors (Lipinski definition) is 9. The number of carbonyl (C=O) groups is 1. The summed E-state index contributed by atoms with van der Waals surface area (Å²) in [7, 11) is 3.22. The third-order valence-electron chi connectivity index (χ3n) is 7.33. The molecule has 1 amide bonds. The van der Waals surface area contributed by atoms with Gasteiger partial charge < -0.3 is 19.3 Å². The second-order valence-corrected chi connectivity index (χ2v) is 9.54. The number of hydrogen-bond donors (Lipinski definition) is 0. The predicted molar refractivity (Wildman–Crippen MR) is 127 cm³/mol. The lowest BCUT2D eigenvalue weighted by Crippen LogP contribution is -2.60. The SMILES string of the molecule is COc1ncc(N2CCc3ncnc(OC4CCCN4C4CN(C=O)CCN4C)c3C2)cc1C(F)(F)F. The van der Waals surface area contributed by atoms with Crippen molar-refractivity contribution in [2.24, 2.45) is 0 Å². The van der Waals surface area contributed by atoms with Gasteiger partial charge in [0.1, 0.15) is 11.9 Å². The number of piperazine rings is 1. The molecule has 5 rings (SSSR count). The summed E-state index contributed by atoms with van der Waals surface area (Å²) in [5, 5.41) is 0. The number of likely N-dealkylation sites (tertiary alicyclic amines) is 1. The van der Waals surface area contributed by atoms with Crippen LogP contribution in [0.25, 0.3) is 0 Å². The van der Waals surface area contributed by atoms with Crippen molar-refractivity contribution < 1.29 is 27.4 Å². The number of fused-ring (bicyclic) bond motifs is 1. The zero-order valence-corrected chi connectivity index (χ0v) is 20.8. The topological polar surface area (TPSA) is 87.2 Å². The second kappa shape index (κ2) is 10.3. The fourth-order valence-electron chi connectivity index (χ4n) is 5.30. The van der Waals surface area contributed by atoms with Crippen LogP contribution in [-0.2, 0) is 23.9 Å². The summed E-state index contributed by atoms with van der Waals surface area (Å²) in [6, 6.07) is 1.07. The van der Waals surface area contributed by atoms with Gasteiger partial charge in [-0.25, -0.2) is 15.0 Å². The minimum Gasteiger partial charge on any atom is -0.481 e. The Morgan fingerprint density at radius 3 is 2.70 bits per heavy atom. The van der Waals surface area contributed by atoms with Crippen molar-refractivity contribution in [3.8, 4) is 11.8 Å². The number of aromatic nitrogens is 3. The Labute approximate surface area is 213 Å². The number of rotatable bonds is 6. The fourth-order valence-corrected chi connectivity index (χ4v) is 5.30. The summed E-state index contributed by atoms with van der Waals surface area (Å²) in [4.78, 5) is 32.2. The van der Waals surface area contributed by atoms with Crippen LogP contribution < -0.4 is 14.4 Å². The van der Waals surface area contributed by atoms with Crippen LogP contribution in [0, 0.1) is 0 Å². The smallest absolute Gasteiger partial charge is 0.421 e. The van der Waals surface area contributed by atoms with Crippen LogP contribution in [0.15, 0.2) is 18.6 Å². The van der Waals surface area contributed by atoms with Crippen LogP contribution in [0.1, 0.15) is 29.7 Å². The highest BCUT2D eigenvalue weighted by Gasteiger charge is 2.39. The van der Waals surface area contributed by atoms with Crippen molar-refractivity contribution in [3.05, 3.63) is 35.4 Å². The normalized spacial score (nSPS) is 23.2. The maximum Gasteiger partial charge on any atom is 0.421 e. The van der Waals surface area contributed by atoms with Crippen molar-refractivity contribution in [1.29, 1.82) is 0 Å². The van der Waals surface area contributed by atoms with Crippen molar-refractivity contribution in [1.82, 2.24) is 29.7 Å². The van der Waals surface area contributed by atoms with E-state index in [-0.39, 0.29) is 12.4 Å². The number of halogens is 3. The molecular formula is C24H30F3N7O3. The van der Waals surface area contributed by atoms with E-state index < -0.39 is 17.6 Å². The van der Waals surface area contributed by atoms with Crippen molar-refractivity contribution in [3.63, 3.8) is 0 Å². The highest BCUT2D eigenvalue weighted by Crippen LogP contribution is 2.38. The molecule has 2 aromatic rings. The molecule has 0 aliphatic carbocycles. The van der Waals surface area contributed by atoms with E-state index in [0.717, 1.165) is 49.7 Å². The molecule has 3 aliphatic rings. The monoisotopic (exact) mass is 521 g/mol. The average Bonchev–Trinajstić information content (AvgIpc) is 3.36. The van der Waals surface area contributed by atoms with Crippen LogP contribution in [0.5, 0.6) is 11.8 Å². The van der Waals surface area contributed by atoms with Crippen molar-refractivity contribution in [2.45, 2.75) is 44.4 Å². The molecule has 200 valence electrons. The highest BCUT2D eigenvalue weighted by atomic mass is 19.4. The molecule has 5 heterocycles. The standard InChI is InChI=1S/C24H30F3N7O3/c1-31-8-9-32(15-35)13-20(31)34-6-3-4-21(34)37-22-17-12-33(7-5-19(17)29-14-30-22)16-10-18(24(25,26)27)23(36-2)28-11-16/h10-11,14-15,20-21H,3-9,12-13H2,1-2H3. The minimum atomic E-state index is -4.59. The van der Waals surface area contributed by atoms with Crippen LogP contribution in [0.2, 0.25) is 0 Å². The third-order valence-corrected chi connectivity index (χ3v) is 7.33. The highest BCUT2D eigenvalue weighted by molar-refractivity contribution is 5.53. The minimum absolute atomic E-state index is 0.0341. The molecule has 0 spiro atoms. The number of likely N-dealkylation sites (N-methyl/N-ethyl adjacent to an activating group) is 1. The summed E-state index contributed by atoms with van der Waals surface area (Å²) in [5.74, 6) is -0.0158. The summed E-state index contributed by atoms with van der Waals surface area (Å²) < 4.78 is 52.0. The molecule has 37 heavy (non-hydrogen) atoms. The number of methoxy groups -OCH3 is 1. The lowest BCUT2D eigenvalue weighted by Gasteiger charge is -2.44. The fraction of sp³-hybridized carbons (Fsp3) is 0.583. The van der Waals surface area contributed by atoms with Gasteiger partial charge in [0.05, 0.1) is 43.0 Å². The van der Waals surface area contributed by atoms with Gasteiger partial charge in [0.25, 0.3) is 0 Å². The molecule has 2 unspecified atom stereocenters. The zero-order valence-electron chi connectivity index (χ0n) is 20.8. The first-order valence-corrected chi connectivity index (χ1v) is 12.3. The number of anilines is 1. The Balaban J connectivity index is 1.37. The van der Waals surface area contributed by atoms with E-state index in [1.54, 1.807) is 4.90 Å². The first-order valence-electron chi connectivity index (χ1n) is 12.3. The van der Waals surface area contributed by atoms with Gasteiger partial charge >= 0.3 is 6.18 Å². The number of carbonyl (C=O) groups excluding carboxylic acids is 1. The second-order valence-electron chi connectivity index (χ2n) is 9.54. The lowest BCUT2D eigenvalue weighted by molar-refractivity contribution is -0.139. The first-order chi connectivity index (χ1) is 17.8. The molecule has 13 heteroatoms. The van der Waals surface area contributed by atoms with Crippen LogP contribution in [0.4, 0.5) is 18.9 Å². The molecule has 2 saturated heterocycles. The van der Waals surface area contributed by atoms with Gasteiger partial charge in [-0.15, -0.1) is 0 Å². The Morgan fingerprint density at radius 1 is 1.11 bits per heavy atom. The Kier molecular flexibility index (Phi) is 7.08. The van der Waals surface area contributed by atoms with Crippen molar-refractivity contribution >= 4 is 12.1 Å². The number of pyridine rings is 1. The van der Waals surface area contributed by atoms with E-state index in [0.29, 0.717) is 44.2 Å². The number of ether oxygens (including phenoxy) is 2. The van der Waals surface area contributed by atoms with Crippen molar-refractivity contribution in [2.75, 3.05) is 51.8 Å². The van der Waals surface area contributed by atoms with Gasteiger partial charge in [-0.3, -0.25) is 14.6 Å². The van der Waals surface area contributed by atoms with Crippen LogP contribution in [-0.4, -0.2) is 95.3 Å². The molecule has 2 fully saturated rings. The number of nitrogens with zero attached hydrogens (tertiary/aromatic N) is 7. The zero-order chi connectivity index (χ0) is 26.2. The van der Waals surface area contributed by atoms with Gasteiger partial charge in [0.2, 0.25) is 18.2 Å². The molecule has 3 aliphatic heterocycles. The van der Waals surface area contributed by atoms with Gasteiger partial charge in [0, 0.05) is 39.1 Å². The molecule has 10 nitrogen and oxygen atoms in total. The van der Waals surface area contributed by atoms with E-state index >= 15 is 0 Å². The molecule has 0 saturated carbocycles. The maximum absolute atomic E-state index is 13.6. The molecule has 0 aromatic carbocycles. The average molecular weight is 522 g/mol. The summed E-state index contributed by atoms with van der Waals surface area (Å²) >= 11 is 0. The van der Waals surface area contributed by atoms with Gasteiger partial charge in [-0.1, -0.05) is 0 Å². The Hall–Kier alpha value is -3.19. The van der Waals surface area contributed by atoms with Crippen LogP contribution >= 0.6 is 0 Å². The van der Waals surface area contributed by atoms with Gasteiger partial charge in [-0.05, 0) is 26.0 Å². The van der Waals surface area contributed by atoms with E-state index in [1.807, 2.05) is 11.9 Å². The molecule has 0 radical (unpaired) electrons. The van der Waals surface area contributed by atoms with E-state index in [2.05, 4.69) is 24.8 Å². The molecule has 2 atom stereocenters. The predicted octanol–water partition coefficient (Wildman–Crippen LogP) is 1.99. The number of amides is 1. The lowest BCUT2D eigenvalue weighted by atomic mass is 10.1. The largest absolute Gasteiger partial charge is 0.481 e. The quantitative estimate of drug-likeness (QED) is 0.530. The summed E-state index contributed by atoms with van der Waals surface area (Å²) in [6.45, 7) is 3.69. The number of alkyl halides is 3. The molecule has 0 N–H and O–H groups in total. The molecule has 2 aromatic heterocycles. The Bertz CT molecular complexity index is 1140. The summed E-state index contributed by atoms with van der Waals surface area (Å²) in [5.41, 5.74) is 1.01. The van der Waals surface area contributed by atoms with E-state index in [4.69, 9.17) is 9.47 Å².